The number of carboxylic acid groups (broad SMARTS) is 1. The zero-order chi connectivity index (χ0) is 25.1. The van der Waals surface area contributed by atoms with E-state index < -0.39 is 5.97 Å². The van der Waals surface area contributed by atoms with Crippen LogP contribution in [0.25, 0.3) is 10.9 Å². The first-order valence-electron chi connectivity index (χ1n) is 12.6. The summed E-state index contributed by atoms with van der Waals surface area (Å²) in [6.07, 6.45) is 6.04. The third-order valence-corrected chi connectivity index (χ3v) is 7.33. The third-order valence-electron chi connectivity index (χ3n) is 7.33. The molecular weight excluding hydrogens is 456 g/mol. The normalized spacial score (nSPS) is 17.2. The van der Waals surface area contributed by atoms with Gasteiger partial charge >= 0.3 is 5.97 Å². The van der Waals surface area contributed by atoms with Crippen LogP contribution in [0.15, 0.2) is 48.5 Å². The Morgan fingerprint density at radius 1 is 0.972 bits per heavy atom. The van der Waals surface area contributed by atoms with Gasteiger partial charge in [0, 0.05) is 30.2 Å². The summed E-state index contributed by atoms with van der Waals surface area (Å²) >= 11 is 0. The highest BCUT2D eigenvalue weighted by molar-refractivity contribution is 6.09. The van der Waals surface area contributed by atoms with E-state index in [0.717, 1.165) is 25.9 Å². The number of amides is 1. The number of carbonyl (C=O) groups is 2. The maximum atomic E-state index is 12.8. The summed E-state index contributed by atoms with van der Waals surface area (Å²) in [6.45, 7) is 4.12. The maximum absolute atomic E-state index is 12.8. The van der Waals surface area contributed by atoms with E-state index in [1.54, 1.807) is 48.5 Å². The molecule has 0 bridgehead atoms. The summed E-state index contributed by atoms with van der Waals surface area (Å²) in [5, 5.41) is 13.3. The van der Waals surface area contributed by atoms with Crippen molar-refractivity contribution < 1.29 is 19.4 Å². The molecule has 8 nitrogen and oxygen atoms in total. The highest BCUT2D eigenvalue weighted by atomic mass is 16.5. The fourth-order valence-corrected chi connectivity index (χ4v) is 5.40. The van der Waals surface area contributed by atoms with Gasteiger partial charge in [-0.15, -0.1) is 0 Å². The van der Waals surface area contributed by atoms with Crippen molar-refractivity contribution in [2.75, 3.05) is 43.5 Å². The van der Waals surface area contributed by atoms with Crippen molar-refractivity contribution in [3.63, 3.8) is 0 Å². The maximum Gasteiger partial charge on any atom is 0.336 e. The fraction of sp³-hybridized carbons (Fsp3) is 0.393. The Morgan fingerprint density at radius 3 is 2.44 bits per heavy atom. The molecule has 5 rings (SSSR count). The zero-order valence-electron chi connectivity index (χ0n) is 20.6. The van der Waals surface area contributed by atoms with Gasteiger partial charge in [-0.25, -0.2) is 9.78 Å². The average molecular weight is 489 g/mol. The number of fused-ring (bicyclic) bond motifs is 1. The molecule has 0 spiro atoms. The Hall–Kier alpha value is -3.65. The number of aromatic carboxylic acids is 1. The highest BCUT2D eigenvalue weighted by Crippen LogP contribution is 2.29. The van der Waals surface area contributed by atoms with Crippen LogP contribution in [0.5, 0.6) is 5.75 Å². The predicted octanol–water partition coefficient (Wildman–Crippen LogP) is 4.65. The van der Waals surface area contributed by atoms with E-state index in [2.05, 4.69) is 15.1 Å². The minimum atomic E-state index is -1.01. The van der Waals surface area contributed by atoms with Crippen molar-refractivity contribution in [2.24, 2.45) is 0 Å². The van der Waals surface area contributed by atoms with Crippen molar-refractivity contribution in [3.05, 3.63) is 59.7 Å². The number of aromatic nitrogens is 1. The summed E-state index contributed by atoms with van der Waals surface area (Å²) < 4.78 is 5.28. The first-order valence-corrected chi connectivity index (χ1v) is 12.6. The monoisotopic (exact) mass is 488 g/mol. The largest absolute Gasteiger partial charge is 0.496 e. The number of nitrogens with one attached hydrogen (secondary N) is 1. The number of para-hydroxylation sites is 1. The van der Waals surface area contributed by atoms with E-state index in [-0.39, 0.29) is 11.5 Å². The van der Waals surface area contributed by atoms with Crippen molar-refractivity contribution in [1.29, 1.82) is 0 Å². The molecule has 8 heteroatoms. The molecule has 0 aliphatic carbocycles. The van der Waals surface area contributed by atoms with Gasteiger partial charge in [0.25, 0.3) is 5.91 Å². The molecule has 0 unspecified atom stereocenters. The molecule has 188 valence electrons. The molecule has 0 atom stereocenters. The minimum absolute atomic E-state index is 0.182. The first-order chi connectivity index (χ1) is 17.5. The number of nitrogens with zero attached hydrogens (tertiary/aromatic N) is 3. The molecule has 2 N–H and O–H groups in total. The second kappa shape index (κ2) is 10.5. The highest BCUT2D eigenvalue weighted by Gasteiger charge is 2.27. The second-order valence-electron chi connectivity index (χ2n) is 9.53. The molecule has 1 aromatic heterocycles. The Morgan fingerprint density at radius 2 is 1.72 bits per heavy atom. The van der Waals surface area contributed by atoms with Crippen LogP contribution in [0.2, 0.25) is 0 Å². The van der Waals surface area contributed by atoms with Gasteiger partial charge in [-0.1, -0.05) is 18.6 Å². The lowest BCUT2D eigenvalue weighted by molar-refractivity contribution is 0.0698. The van der Waals surface area contributed by atoms with E-state index in [9.17, 15) is 14.7 Å². The minimum Gasteiger partial charge on any atom is -0.496 e. The van der Waals surface area contributed by atoms with Gasteiger partial charge in [-0.2, -0.15) is 0 Å². The number of ether oxygens (including phenoxy) is 1. The smallest absolute Gasteiger partial charge is 0.336 e. The summed E-state index contributed by atoms with van der Waals surface area (Å²) in [5.41, 5.74) is 1.68. The predicted molar refractivity (Wildman–Crippen MR) is 140 cm³/mol. The Kier molecular flexibility index (Phi) is 7.04. The van der Waals surface area contributed by atoms with E-state index in [4.69, 9.17) is 9.72 Å². The van der Waals surface area contributed by atoms with E-state index in [1.807, 2.05) is 0 Å². The van der Waals surface area contributed by atoms with E-state index >= 15 is 0 Å². The molecule has 2 aliphatic heterocycles. The van der Waals surface area contributed by atoms with Crippen LogP contribution >= 0.6 is 0 Å². The Bertz CT molecular complexity index is 1260. The topological polar surface area (TPSA) is 95.0 Å². The number of piperidine rings is 2. The van der Waals surface area contributed by atoms with Crippen LogP contribution in [0.1, 0.15) is 52.8 Å². The number of likely N-dealkylation sites (tertiary alicyclic amines) is 1. The number of hydrogen-bond donors (Lipinski definition) is 2. The standard InChI is InChI=1S/C28H32N4O4/c1-36-25-8-4-3-7-21(25)27(33)29-19-9-10-24-22(17-19)23(28(34)35)18-26(30-24)32-15-11-20(12-16-32)31-13-5-2-6-14-31/h3-4,7-10,17-18,20H,2,5-6,11-16H2,1H3,(H,29,33)(H,34,35). The van der Waals surface area contributed by atoms with Crippen molar-refractivity contribution in [1.82, 2.24) is 9.88 Å². The molecule has 2 aromatic carbocycles. The van der Waals surface area contributed by atoms with Gasteiger partial charge in [0.1, 0.15) is 11.6 Å². The first kappa shape index (κ1) is 24.1. The van der Waals surface area contributed by atoms with Gasteiger partial charge < -0.3 is 25.0 Å². The molecule has 2 aliphatic rings. The molecule has 36 heavy (non-hydrogen) atoms. The average Bonchev–Trinajstić information content (AvgIpc) is 2.93. The van der Waals surface area contributed by atoms with Gasteiger partial charge in [-0.05, 0) is 75.2 Å². The Labute approximate surface area is 210 Å². The number of benzene rings is 2. The van der Waals surface area contributed by atoms with Gasteiger partial charge in [0.05, 0.1) is 23.8 Å². The molecule has 0 saturated carbocycles. The van der Waals surface area contributed by atoms with Crippen LogP contribution in [-0.4, -0.2) is 66.2 Å². The molecule has 2 fully saturated rings. The van der Waals surface area contributed by atoms with Crippen molar-refractivity contribution >= 4 is 34.3 Å². The van der Waals surface area contributed by atoms with Crippen molar-refractivity contribution in [2.45, 2.75) is 38.1 Å². The van der Waals surface area contributed by atoms with Crippen LogP contribution in [0, 0.1) is 0 Å². The summed E-state index contributed by atoms with van der Waals surface area (Å²) in [5.74, 6) is -0.176. The number of anilines is 2. The van der Waals surface area contributed by atoms with Gasteiger partial charge in [0.2, 0.25) is 0 Å². The lowest BCUT2D eigenvalue weighted by atomic mass is 9.99. The van der Waals surface area contributed by atoms with Crippen LogP contribution < -0.4 is 15.0 Å². The molecule has 1 amide bonds. The van der Waals surface area contributed by atoms with Gasteiger partial charge in [-0.3, -0.25) is 4.79 Å². The van der Waals surface area contributed by atoms with Crippen LogP contribution in [0.4, 0.5) is 11.5 Å². The van der Waals surface area contributed by atoms with Crippen LogP contribution in [-0.2, 0) is 0 Å². The quantitative estimate of drug-likeness (QED) is 0.522. The number of carboxylic acids is 1. The van der Waals surface area contributed by atoms with E-state index in [1.165, 1.54) is 39.5 Å². The second-order valence-corrected chi connectivity index (χ2v) is 9.53. The number of hydrogen-bond acceptors (Lipinski definition) is 6. The number of carbonyl (C=O) groups excluding carboxylic acids is 1. The van der Waals surface area contributed by atoms with Gasteiger partial charge in [0.15, 0.2) is 0 Å². The fourth-order valence-electron chi connectivity index (χ4n) is 5.40. The molecule has 0 radical (unpaired) electrons. The lowest BCUT2D eigenvalue weighted by Crippen LogP contribution is -2.47. The third kappa shape index (κ3) is 4.99. The zero-order valence-corrected chi connectivity index (χ0v) is 20.6. The summed E-state index contributed by atoms with van der Waals surface area (Å²) in [4.78, 5) is 34.6. The number of pyridine rings is 1. The molecule has 2 saturated heterocycles. The van der Waals surface area contributed by atoms with E-state index in [0.29, 0.717) is 39.8 Å². The Balaban J connectivity index is 1.36. The molecule has 3 aromatic rings. The molecular formula is C28H32N4O4. The lowest BCUT2D eigenvalue weighted by Gasteiger charge is -2.40. The van der Waals surface area contributed by atoms with Crippen LogP contribution in [0.3, 0.4) is 0 Å². The number of methoxy groups -OCH3 is 1. The number of rotatable bonds is 6. The summed E-state index contributed by atoms with van der Waals surface area (Å²) in [6, 6.07) is 14.4. The van der Waals surface area contributed by atoms with Crippen molar-refractivity contribution in [3.8, 4) is 5.75 Å². The SMILES string of the molecule is COc1ccccc1C(=O)Nc1ccc2nc(N3CCC(N4CCCCC4)CC3)cc(C(=O)O)c2c1. The summed E-state index contributed by atoms with van der Waals surface area (Å²) in [7, 11) is 1.51. The molecule has 3 heterocycles.